The van der Waals surface area contributed by atoms with E-state index in [1.807, 2.05) is 24.8 Å². The second kappa shape index (κ2) is 11.5. The Labute approximate surface area is 213 Å². The molecule has 0 unspecified atom stereocenters. The summed E-state index contributed by atoms with van der Waals surface area (Å²) >= 11 is 12.2. The van der Waals surface area contributed by atoms with E-state index in [1.165, 1.54) is 12.8 Å². The number of fused-ring (bicyclic) bond motifs is 1. The van der Waals surface area contributed by atoms with E-state index in [9.17, 15) is 9.59 Å². The third kappa shape index (κ3) is 5.90. The Balaban J connectivity index is 0.00000306. The SMILES string of the molecule is CC(C)NC(=O)N1CCN(C(=O)Cc2ccc(Cl)c(Cl)c2)[C@@H]2[C@@H](N3CCCC3)CCC[C@@H]21.Cl. The minimum atomic E-state index is -0.00588. The van der Waals surface area contributed by atoms with Gasteiger partial charge in [-0.1, -0.05) is 29.3 Å². The number of carbonyl (C=O) groups is 2. The fraction of sp³-hybridized carbons (Fsp3) is 0.667. The lowest BCUT2D eigenvalue weighted by molar-refractivity contribution is -0.141. The van der Waals surface area contributed by atoms with Gasteiger partial charge < -0.3 is 15.1 Å². The van der Waals surface area contributed by atoms with Crippen molar-refractivity contribution in [1.82, 2.24) is 20.0 Å². The van der Waals surface area contributed by atoms with E-state index in [4.69, 9.17) is 23.2 Å². The molecule has 184 valence electrons. The molecule has 1 N–H and O–H groups in total. The van der Waals surface area contributed by atoms with Gasteiger partial charge in [0.25, 0.3) is 0 Å². The van der Waals surface area contributed by atoms with Crippen LogP contribution in [-0.4, -0.2) is 77.0 Å². The van der Waals surface area contributed by atoms with E-state index in [-0.39, 0.29) is 42.5 Å². The summed E-state index contributed by atoms with van der Waals surface area (Å²) in [6.45, 7) is 7.28. The molecule has 2 heterocycles. The number of piperazine rings is 1. The van der Waals surface area contributed by atoms with Gasteiger partial charge in [0, 0.05) is 25.2 Å². The number of rotatable bonds is 4. The lowest BCUT2D eigenvalue weighted by atomic mass is 9.81. The summed E-state index contributed by atoms with van der Waals surface area (Å²) in [5, 5.41) is 4.03. The molecule has 3 aliphatic rings. The molecular formula is C24H35Cl3N4O2. The van der Waals surface area contributed by atoms with Gasteiger partial charge >= 0.3 is 6.03 Å². The zero-order chi connectivity index (χ0) is 22.8. The predicted octanol–water partition coefficient (Wildman–Crippen LogP) is 4.61. The molecule has 3 fully saturated rings. The van der Waals surface area contributed by atoms with E-state index in [2.05, 4.69) is 15.1 Å². The Bertz CT molecular complexity index is 847. The Morgan fingerprint density at radius 3 is 2.30 bits per heavy atom. The van der Waals surface area contributed by atoms with Crippen LogP contribution in [0.15, 0.2) is 18.2 Å². The summed E-state index contributed by atoms with van der Waals surface area (Å²) in [6.07, 6.45) is 5.83. The summed E-state index contributed by atoms with van der Waals surface area (Å²) in [6, 6.07) is 5.88. The average molecular weight is 518 g/mol. The Morgan fingerprint density at radius 2 is 1.64 bits per heavy atom. The molecule has 1 aromatic rings. The highest BCUT2D eigenvalue weighted by atomic mass is 35.5. The van der Waals surface area contributed by atoms with Gasteiger partial charge in [-0.2, -0.15) is 0 Å². The first-order valence-corrected chi connectivity index (χ1v) is 12.7. The normalized spacial score (nSPS) is 25.5. The van der Waals surface area contributed by atoms with Crippen molar-refractivity contribution in [1.29, 1.82) is 0 Å². The third-order valence-electron chi connectivity index (χ3n) is 7.07. The van der Waals surface area contributed by atoms with E-state index in [0.29, 0.717) is 35.6 Å². The number of nitrogens with zero attached hydrogens (tertiary/aromatic N) is 3. The van der Waals surface area contributed by atoms with Crippen LogP contribution in [0.1, 0.15) is 51.5 Å². The molecule has 1 aliphatic carbocycles. The topological polar surface area (TPSA) is 55.9 Å². The fourth-order valence-corrected chi connectivity index (χ4v) is 6.01. The zero-order valence-electron chi connectivity index (χ0n) is 19.4. The molecule has 33 heavy (non-hydrogen) atoms. The monoisotopic (exact) mass is 516 g/mol. The number of hydrogen-bond donors (Lipinski definition) is 1. The van der Waals surface area contributed by atoms with Gasteiger partial charge in [0.1, 0.15) is 0 Å². The molecule has 2 aliphatic heterocycles. The number of halogens is 3. The molecule has 9 heteroatoms. The molecule has 0 spiro atoms. The fourth-order valence-electron chi connectivity index (χ4n) is 5.69. The molecule has 2 saturated heterocycles. The van der Waals surface area contributed by atoms with Crippen LogP contribution in [0.4, 0.5) is 4.79 Å². The van der Waals surface area contributed by atoms with Gasteiger partial charge in [-0.15, -0.1) is 12.4 Å². The Morgan fingerprint density at radius 1 is 0.970 bits per heavy atom. The molecule has 3 atom stereocenters. The molecule has 4 rings (SSSR count). The van der Waals surface area contributed by atoms with Crippen molar-refractivity contribution in [2.75, 3.05) is 26.2 Å². The largest absolute Gasteiger partial charge is 0.336 e. The zero-order valence-corrected chi connectivity index (χ0v) is 21.8. The van der Waals surface area contributed by atoms with E-state index < -0.39 is 0 Å². The molecule has 0 aromatic heterocycles. The molecule has 3 amide bonds. The number of benzene rings is 1. The van der Waals surface area contributed by atoms with Crippen LogP contribution in [0.25, 0.3) is 0 Å². The maximum absolute atomic E-state index is 13.5. The number of hydrogen-bond acceptors (Lipinski definition) is 3. The minimum Gasteiger partial charge on any atom is -0.336 e. The molecule has 1 aromatic carbocycles. The van der Waals surface area contributed by atoms with Gasteiger partial charge in [0.05, 0.1) is 28.5 Å². The number of nitrogens with one attached hydrogen (secondary N) is 1. The lowest BCUT2D eigenvalue weighted by Crippen LogP contribution is -2.70. The van der Waals surface area contributed by atoms with Crippen LogP contribution >= 0.6 is 35.6 Å². The average Bonchev–Trinajstić information content (AvgIpc) is 3.29. The van der Waals surface area contributed by atoms with E-state index in [1.54, 1.807) is 12.1 Å². The van der Waals surface area contributed by atoms with Crippen LogP contribution in [0.3, 0.4) is 0 Å². The van der Waals surface area contributed by atoms with Crippen LogP contribution in [0, 0.1) is 0 Å². The quantitative estimate of drug-likeness (QED) is 0.635. The molecule has 6 nitrogen and oxygen atoms in total. The van der Waals surface area contributed by atoms with Crippen molar-refractivity contribution in [3.8, 4) is 0 Å². The highest BCUT2D eigenvalue weighted by Gasteiger charge is 2.48. The standard InChI is InChI=1S/C24H34Cl2N4O2.ClH/c1-16(2)27-24(32)29-12-13-30(22(31)15-17-8-9-18(25)19(26)14-17)23-20(6-5-7-21(23)29)28-10-3-4-11-28;/h8-9,14,16,20-21,23H,3-7,10-13,15H2,1-2H3,(H,27,32);1H/t20-,21-,23+;/m0./s1. The van der Waals surface area contributed by atoms with Crippen molar-refractivity contribution in [3.63, 3.8) is 0 Å². The Hall–Kier alpha value is -1.21. The number of amides is 3. The highest BCUT2D eigenvalue weighted by molar-refractivity contribution is 6.42. The summed E-state index contributed by atoms with van der Waals surface area (Å²) in [4.78, 5) is 33.2. The lowest BCUT2D eigenvalue weighted by Gasteiger charge is -2.54. The maximum Gasteiger partial charge on any atom is 0.317 e. The molecular weight excluding hydrogens is 483 g/mol. The van der Waals surface area contributed by atoms with Gasteiger partial charge in [-0.05, 0) is 76.7 Å². The van der Waals surface area contributed by atoms with Crippen molar-refractivity contribution in [2.24, 2.45) is 0 Å². The van der Waals surface area contributed by atoms with Crippen LogP contribution in [-0.2, 0) is 11.2 Å². The summed E-state index contributed by atoms with van der Waals surface area (Å²) in [7, 11) is 0. The van der Waals surface area contributed by atoms with Gasteiger partial charge in [0.15, 0.2) is 0 Å². The van der Waals surface area contributed by atoms with Crippen molar-refractivity contribution >= 4 is 47.5 Å². The second-order valence-electron chi connectivity index (χ2n) is 9.61. The van der Waals surface area contributed by atoms with Gasteiger partial charge in [-0.25, -0.2) is 4.79 Å². The molecule has 0 bridgehead atoms. The second-order valence-corrected chi connectivity index (χ2v) is 10.4. The van der Waals surface area contributed by atoms with Crippen LogP contribution in [0.2, 0.25) is 10.0 Å². The first-order valence-electron chi connectivity index (χ1n) is 11.9. The van der Waals surface area contributed by atoms with Gasteiger partial charge in [-0.3, -0.25) is 9.69 Å². The number of likely N-dealkylation sites (tertiary alicyclic amines) is 1. The van der Waals surface area contributed by atoms with E-state index >= 15 is 0 Å². The molecule has 0 radical (unpaired) electrons. The van der Waals surface area contributed by atoms with Gasteiger partial charge in [0.2, 0.25) is 5.91 Å². The van der Waals surface area contributed by atoms with Crippen LogP contribution < -0.4 is 5.32 Å². The smallest absolute Gasteiger partial charge is 0.317 e. The Kier molecular flexibility index (Phi) is 9.18. The summed E-state index contributed by atoms with van der Waals surface area (Å²) in [5.74, 6) is 0.105. The van der Waals surface area contributed by atoms with Crippen LogP contribution in [0.5, 0.6) is 0 Å². The van der Waals surface area contributed by atoms with Crippen molar-refractivity contribution in [3.05, 3.63) is 33.8 Å². The summed E-state index contributed by atoms with van der Waals surface area (Å²) < 4.78 is 0. The molecule has 1 saturated carbocycles. The van der Waals surface area contributed by atoms with Crippen molar-refractivity contribution in [2.45, 2.75) is 76.5 Å². The predicted molar refractivity (Wildman–Crippen MR) is 136 cm³/mol. The maximum atomic E-state index is 13.5. The number of urea groups is 1. The minimum absolute atomic E-state index is 0. The first kappa shape index (κ1) is 26.4. The highest BCUT2D eigenvalue weighted by Crippen LogP contribution is 2.35. The summed E-state index contributed by atoms with van der Waals surface area (Å²) in [5.41, 5.74) is 0.870. The first-order chi connectivity index (χ1) is 15.3. The van der Waals surface area contributed by atoms with Crippen molar-refractivity contribution < 1.29 is 9.59 Å². The third-order valence-corrected chi connectivity index (χ3v) is 7.81. The van der Waals surface area contributed by atoms with E-state index in [0.717, 1.165) is 37.9 Å². The number of carbonyl (C=O) groups excluding carboxylic acids is 2.